The second kappa shape index (κ2) is 14.1. The van der Waals surface area contributed by atoms with E-state index in [1.807, 2.05) is 11.4 Å². The molecule has 12 heteroatoms. The molecule has 1 fully saturated rings. The number of aliphatic hydroxyl groups excluding tert-OH is 1. The van der Waals surface area contributed by atoms with Crippen molar-refractivity contribution in [2.24, 2.45) is 0 Å². The van der Waals surface area contributed by atoms with Gasteiger partial charge in [0, 0.05) is 60.6 Å². The number of nitrogens with two attached hydrogens (primary N) is 1. The molecule has 0 aliphatic carbocycles. The maximum absolute atomic E-state index is 13.0. The Labute approximate surface area is 247 Å². The highest BCUT2D eigenvalue weighted by molar-refractivity contribution is 7.17. The van der Waals surface area contributed by atoms with E-state index in [1.54, 1.807) is 42.5 Å². The summed E-state index contributed by atoms with van der Waals surface area (Å²) >= 11 is 1.38. The standard InChI is InChI=1S/C30H33N5O6S/c31-28-26-21(19-42-27(26)25(17-33-28)30(38)32-7-11-36)18-41-24-6-2-4-22(16-24)34-29(37)20-3-1-5-23(15-20)40-14-10-35-8-12-39-13-9-35/h1-6,15-17,19,36H,7-14,18H2,(H2,31,33)(H,32,38)(H,34,37). The Kier molecular flexibility index (Phi) is 9.82. The van der Waals surface area contributed by atoms with Crippen molar-refractivity contribution in [3.8, 4) is 11.5 Å². The number of ether oxygens (including phenoxy) is 3. The average molecular weight is 592 g/mol. The van der Waals surface area contributed by atoms with Gasteiger partial charge in [-0.25, -0.2) is 4.98 Å². The molecule has 0 saturated carbocycles. The lowest BCUT2D eigenvalue weighted by Crippen LogP contribution is -2.38. The van der Waals surface area contributed by atoms with Crippen molar-refractivity contribution in [3.63, 3.8) is 0 Å². The van der Waals surface area contributed by atoms with Gasteiger partial charge in [0.1, 0.15) is 30.5 Å². The van der Waals surface area contributed by atoms with Gasteiger partial charge in [0.15, 0.2) is 0 Å². The van der Waals surface area contributed by atoms with E-state index in [9.17, 15) is 9.59 Å². The van der Waals surface area contributed by atoms with Crippen LogP contribution in [-0.4, -0.2) is 79.4 Å². The van der Waals surface area contributed by atoms with E-state index in [4.69, 9.17) is 25.1 Å². The molecule has 42 heavy (non-hydrogen) atoms. The quantitative estimate of drug-likeness (QED) is 0.195. The van der Waals surface area contributed by atoms with Crippen LogP contribution in [0.5, 0.6) is 11.5 Å². The summed E-state index contributed by atoms with van der Waals surface area (Å²) in [5.41, 5.74) is 8.39. The Morgan fingerprint density at radius 3 is 2.67 bits per heavy atom. The highest BCUT2D eigenvalue weighted by Crippen LogP contribution is 2.33. The van der Waals surface area contributed by atoms with Gasteiger partial charge < -0.3 is 35.7 Å². The molecule has 5 rings (SSSR count). The number of thiophene rings is 1. The lowest BCUT2D eigenvalue weighted by Gasteiger charge is -2.26. The number of carbonyl (C=O) groups excluding carboxylic acids is 2. The van der Waals surface area contributed by atoms with Crippen LogP contribution in [0.25, 0.3) is 10.1 Å². The highest BCUT2D eigenvalue weighted by Gasteiger charge is 2.18. The molecule has 0 atom stereocenters. The van der Waals surface area contributed by atoms with Crippen LogP contribution < -0.4 is 25.8 Å². The van der Waals surface area contributed by atoms with Gasteiger partial charge in [-0.05, 0) is 35.7 Å². The Morgan fingerprint density at radius 2 is 1.86 bits per heavy atom. The predicted octanol–water partition coefficient (Wildman–Crippen LogP) is 3.14. The number of nitrogens with one attached hydrogen (secondary N) is 2. The lowest BCUT2D eigenvalue weighted by atomic mass is 10.1. The number of morpholine rings is 1. The smallest absolute Gasteiger partial charge is 0.255 e. The summed E-state index contributed by atoms with van der Waals surface area (Å²) in [6.45, 7) is 4.80. The van der Waals surface area contributed by atoms with Gasteiger partial charge in [0.25, 0.3) is 11.8 Å². The first-order valence-corrected chi connectivity index (χ1v) is 14.5. The molecule has 2 aromatic heterocycles. The van der Waals surface area contributed by atoms with Gasteiger partial charge in [0.2, 0.25) is 0 Å². The number of nitrogens with zero attached hydrogens (tertiary/aromatic N) is 2. The van der Waals surface area contributed by atoms with Gasteiger partial charge in [-0.15, -0.1) is 11.3 Å². The molecule has 5 N–H and O–H groups in total. The number of amides is 2. The Morgan fingerprint density at radius 1 is 1.07 bits per heavy atom. The van der Waals surface area contributed by atoms with E-state index in [0.717, 1.165) is 38.4 Å². The number of fused-ring (bicyclic) bond motifs is 1. The van der Waals surface area contributed by atoms with Crippen LogP contribution in [0.4, 0.5) is 11.5 Å². The van der Waals surface area contributed by atoms with Gasteiger partial charge in [-0.3, -0.25) is 14.5 Å². The minimum absolute atomic E-state index is 0.146. The molecule has 220 valence electrons. The van der Waals surface area contributed by atoms with E-state index in [0.29, 0.717) is 50.8 Å². The second-order valence-corrected chi connectivity index (χ2v) is 10.5. The molecule has 0 bridgehead atoms. The third kappa shape index (κ3) is 7.34. The van der Waals surface area contributed by atoms with Crippen molar-refractivity contribution < 1.29 is 28.9 Å². The van der Waals surface area contributed by atoms with E-state index in [-0.39, 0.29) is 31.6 Å². The number of hydrogen-bond donors (Lipinski definition) is 4. The summed E-state index contributed by atoms with van der Waals surface area (Å²) in [6.07, 6.45) is 1.44. The van der Waals surface area contributed by atoms with Gasteiger partial charge in [-0.1, -0.05) is 12.1 Å². The van der Waals surface area contributed by atoms with Crippen LogP contribution >= 0.6 is 11.3 Å². The third-order valence-corrected chi connectivity index (χ3v) is 7.77. The van der Waals surface area contributed by atoms with E-state index in [1.165, 1.54) is 17.5 Å². The molecular weight excluding hydrogens is 558 g/mol. The summed E-state index contributed by atoms with van der Waals surface area (Å²) in [5.74, 6) is 0.899. The van der Waals surface area contributed by atoms with E-state index >= 15 is 0 Å². The number of nitrogen functional groups attached to an aromatic ring is 1. The molecule has 11 nitrogen and oxygen atoms in total. The Bertz CT molecular complexity index is 1540. The average Bonchev–Trinajstić information content (AvgIpc) is 3.45. The minimum atomic E-state index is -0.329. The monoisotopic (exact) mass is 591 g/mol. The van der Waals surface area contributed by atoms with Crippen molar-refractivity contribution in [2.75, 3.05) is 63.7 Å². The zero-order valence-corrected chi connectivity index (χ0v) is 23.8. The molecule has 2 aromatic carbocycles. The molecular formula is C30H33N5O6S. The molecule has 1 aliphatic heterocycles. The summed E-state index contributed by atoms with van der Waals surface area (Å²) < 4.78 is 18.0. The molecule has 0 radical (unpaired) electrons. The molecule has 1 aliphatic rings. The second-order valence-electron chi connectivity index (χ2n) is 9.60. The number of anilines is 2. The maximum Gasteiger partial charge on any atom is 0.255 e. The molecule has 1 saturated heterocycles. The Balaban J connectivity index is 1.19. The summed E-state index contributed by atoms with van der Waals surface area (Å²) in [6, 6.07) is 14.2. The zero-order valence-electron chi connectivity index (χ0n) is 23.0. The lowest BCUT2D eigenvalue weighted by molar-refractivity contribution is 0.0322. The van der Waals surface area contributed by atoms with Crippen LogP contribution in [0.15, 0.2) is 60.1 Å². The molecule has 0 spiro atoms. The summed E-state index contributed by atoms with van der Waals surface area (Å²) in [4.78, 5) is 32.0. The number of hydrogen-bond acceptors (Lipinski definition) is 10. The first-order valence-electron chi connectivity index (χ1n) is 13.6. The minimum Gasteiger partial charge on any atom is -0.492 e. The fourth-order valence-electron chi connectivity index (χ4n) is 4.54. The first kappa shape index (κ1) is 29.3. The summed E-state index contributed by atoms with van der Waals surface area (Å²) in [5, 5.41) is 17.1. The fraction of sp³-hybridized carbons (Fsp3) is 0.300. The molecule has 3 heterocycles. The number of carbonyl (C=O) groups is 2. The van der Waals surface area contributed by atoms with Crippen molar-refractivity contribution in [1.29, 1.82) is 0 Å². The number of pyridine rings is 1. The van der Waals surface area contributed by atoms with Crippen LogP contribution in [0.3, 0.4) is 0 Å². The first-order chi connectivity index (χ1) is 20.5. The van der Waals surface area contributed by atoms with Gasteiger partial charge in [0.05, 0.1) is 30.1 Å². The molecule has 0 unspecified atom stereocenters. The Hall–Kier alpha value is -4.23. The van der Waals surface area contributed by atoms with Crippen molar-refractivity contribution in [3.05, 3.63) is 76.8 Å². The number of rotatable bonds is 12. The molecule has 2 amide bonds. The van der Waals surface area contributed by atoms with Crippen molar-refractivity contribution in [1.82, 2.24) is 15.2 Å². The summed E-state index contributed by atoms with van der Waals surface area (Å²) in [7, 11) is 0. The SMILES string of the molecule is Nc1ncc(C(=O)NCCO)c2scc(COc3cccc(NC(=O)c4cccc(OCCN5CCOCC5)c4)c3)c12. The number of benzene rings is 2. The largest absolute Gasteiger partial charge is 0.492 e. The number of aliphatic hydroxyl groups is 1. The predicted molar refractivity (Wildman–Crippen MR) is 161 cm³/mol. The van der Waals surface area contributed by atoms with E-state index in [2.05, 4.69) is 20.5 Å². The van der Waals surface area contributed by atoms with Crippen LogP contribution in [0, 0.1) is 0 Å². The number of aromatic nitrogens is 1. The van der Waals surface area contributed by atoms with Gasteiger partial charge in [-0.2, -0.15) is 0 Å². The highest BCUT2D eigenvalue weighted by atomic mass is 32.1. The van der Waals surface area contributed by atoms with Gasteiger partial charge >= 0.3 is 0 Å². The molecule has 4 aromatic rings. The maximum atomic E-state index is 13.0. The van der Waals surface area contributed by atoms with E-state index < -0.39 is 0 Å². The zero-order chi connectivity index (χ0) is 29.3. The van der Waals surface area contributed by atoms with Crippen molar-refractivity contribution >= 4 is 44.7 Å². The topological polar surface area (TPSA) is 148 Å². The third-order valence-electron chi connectivity index (χ3n) is 6.71. The fourth-order valence-corrected chi connectivity index (χ4v) is 5.61. The van der Waals surface area contributed by atoms with Crippen LogP contribution in [0.1, 0.15) is 26.3 Å². The normalized spacial score (nSPS) is 13.5. The van der Waals surface area contributed by atoms with Crippen LogP contribution in [-0.2, 0) is 11.3 Å². The van der Waals surface area contributed by atoms with Crippen LogP contribution in [0.2, 0.25) is 0 Å². The van der Waals surface area contributed by atoms with Crippen molar-refractivity contribution in [2.45, 2.75) is 6.61 Å².